The number of hydrogen-bond acceptors (Lipinski definition) is 7. The van der Waals surface area contributed by atoms with Crippen LogP contribution in [0.2, 0.25) is 0 Å². The van der Waals surface area contributed by atoms with E-state index in [0.29, 0.717) is 24.1 Å². The summed E-state index contributed by atoms with van der Waals surface area (Å²) in [6, 6.07) is 10.7. The van der Waals surface area contributed by atoms with Crippen LogP contribution in [0.1, 0.15) is 84.9 Å². The summed E-state index contributed by atoms with van der Waals surface area (Å²) in [4.78, 5) is 42.9. The maximum absolute atomic E-state index is 14.2. The van der Waals surface area contributed by atoms with Gasteiger partial charge in [-0.05, 0) is 79.8 Å². The van der Waals surface area contributed by atoms with Crippen LogP contribution in [-0.4, -0.2) is 63.3 Å². The van der Waals surface area contributed by atoms with E-state index in [0.717, 1.165) is 24.0 Å². The summed E-state index contributed by atoms with van der Waals surface area (Å²) in [6.45, 7) is 15.0. The highest BCUT2D eigenvalue weighted by atomic mass is 32.2. The first-order valence-corrected chi connectivity index (χ1v) is 18.2. The van der Waals surface area contributed by atoms with Crippen LogP contribution in [0.15, 0.2) is 59.0 Å². The molecule has 1 aliphatic carbocycles. The summed E-state index contributed by atoms with van der Waals surface area (Å²) in [5, 5.41) is 6.18. The largest absolute Gasteiger partial charge is 0.398 e. The summed E-state index contributed by atoms with van der Waals surface area (Å²) in [5.74, 6) is -1.55. The Morgan fingerprint density at radius 1 is 0.917 bits per heavy atom. The third-order valence-electron chi connectivity index (χ3n) is 9.49. The quantitative estimate of drug-likeness (QED) is 0.191. The smallest absolute Gasteiger partial charge is 0.264 e. The van der Waals surface area contributed by atoms with E-state index in [2.05, 4.69) is 15.4 Å². The number of rotatable bonds is 12. The first-order valence-electron chi connectivity index (χ1n) is 16.7. The molecule has 0 heterocycles. The Labute approximate surface area is 287 Å². The van der Waals surface area contributed by atoms with Gasteiger partial charge in [-0.1, -0.05) is 84.9 Å². The number of nitrogen functional groups attached to an aromatic ring is 1. The van der Waals surface area contributed by atoms with Gasteiger partial charge in [-0.15, -0.1) is 0 Å². The fourth-order valence-corrected chi connectivity index (χ4v) is 7.85. The first-order chi connectivity index (χ1) is 22.2. The molecule has 10 nitrogen and oxygen atoms in total. The predicted octanol–water partition coefficient (Wildman–Crippen LogP) is 4.48. The number of carbonyl (C=O) groups excluding carboxylic acids is 3. The van der Waals surface area contributed by atoms with Crippen molar-refractivity contribution in [2.45, 2.75) is 110 Å². The van der Waals surface area contributed by atoms with Crippen molar-refractivity contribution in [3.05, 3.63) is 70.8 Å². The monoisotopic (exact) mass is 681 g/mol. The van der Waals surface area contributed by atoms with Crippen LogP contribution in [0.25, 0.3) is 0 Å². The summed E-state index contributed by atoms with van der Waals surface area (Å²) < 4.78 is 29.1. The maximum atomic E-state index is 14.2. The van der Waals surface area contributed by atoms with Gasteiger partial charge in [-0.3, -0.25) is 14.4 Å². The van der Waals surface area contributed by atoms with Crippen LogP contribution in [0.3, 0.4) is 0 Å². The van der Waals surface area contributed by atoms with Crippen LogP contribution in [-0.2, 0) is 42.7 Å². The van der Waals surface area contributed by atoms with Crippen LogP contribution in [0.5, 0.6) is 0 Å². The van der Waals surface area contributed by atoms with E-state index in [4.69, 9.17) is 5.73 Å². The van der Waals surface area contributed by atoms with Crippen molar-refractivity contribution >= 4 is 33.4 Å². The van der Waals surface area contributed by atoms with E-state index in [9.17, 15) is 22.8 Å². The Bertz CT molecular complexity index is 1630. The average Bonchev–Trinajstić information content (AvgIpc) is 3.01. The summed E-state index contributed by atoms with van der Waals surface area (Å²) in [5.41, 5.74) is 8.07. The zero-order valence-electron chi connectivity index (χ0n) is 30.2. The Kier molecular flexibility index (Phi) is 12.3. The van der Waals surface area contributed by atoms with Gasteiger partial charge < -0.3 is 21.3 Å². The van der Waals surface area contributed by atoms with Gasteiger partial charge in [0, 0.05) is 23.7 Å². The van der Waals surface area contributed by atoms with Crippen LogP contribution in [0, 0.1) is 11.3 Å². The molecule has 0 radical (unpaired) electrons. The highest BCUT2D eigenvalue weighted by molar-refractivity contribution is 7.90. The molecule has 3 amide bonds. The fourth-order valence-electron chi connectivity index (χ4n) is 6.53. The predicted molar refractivity (Wildman–Crippen MR) is 192 cm³/mol. The Morgan fingerprint density at radius 2 is 1.50 bits per heavy atom. The average molecular weight is 682 g/mol. The van der Waals surface area contributed by atoms with Crippen molar-refractivity contribution in [2.75, 3.05) is 19.8 Å². The Balaban J connectivity index is 1.85. The van der Waals surface area contributed by atoms with Crippen molar-refractivity contribution in [1.29, 1.82) is 0 Å². The second-order valence-corrected chi connectivity index (χ2v) is 16.6. The molecule has 0 spiro atoms. The molecule has 5 N–H and O–H groups in total. The van der Waals surface area contributed by atoms with E-state index < -0.39 is 44.9 Å². The molecule has 2 aromatic rings. The number of likely N-dealkylation sites (N-methyl/N-ethyl adjacent to an activating group) is 2. The zero-order valence-corrected chi connectivity index (χ0v) is 31.0. The topological polar surface area (TPSA) is 151 Å². The van der Waals surface area contributed by atoms with Gasteiger partial charge >= 0.3 is 0 Å². The lowest BCUT2D eigenvalue weighted by atomic mass is 9.76. The van der Waals surface area contributed by atoms with Crippen LogP contribution < -0.4 is 21.1 Å². The number of sulfonamides is 1. The molecule has 3 rings (SSSR count). The third-order valence-corrected chi connectivity index (χ3v) is 10.9. The number of benzene rings is 2. The lowest BCUT2D eigenvalue weighted by Crippen LogP contribution is -2.61. The number of anilines is 1. The van der Waals surface area contributed by atoms with Gasteiger partial charge in [0.2, 0.25) is 11.8 Å². The minimum atomic E-state index is -4.17. The van der Waals surface area contributed by atoms with Crippen molar-refractivity contribution in [3.8, 4) is 0 Å². The molecule has 11 heteroatoms. The minimum Gasteiger partial charge on any atom is -0.398 e. The van der Waals surface area contributed by atoms with Crippen molar-refractivity contribution in [3.63, 3.8) is 0 Å². The highest BCUT2D eigenvalue weighted by Gasteiger charge is 2.41. The van der Waals surface area contributed by atoms with E-state index >= 15 is 0 Å². The second kappa shape index (κ2) is 15.2. The van der Waals surface area contributed by atoms with Gasteiger partial charge in [0.1, 0.15) is 6.04 Å². The summed E-state index contributed by atoms with van der Waals surface area (Å²) >= 11 is 0. The maximum Gasteiger partial charge on any atom is 0.264 e. The summed E-state index contributed by atoms with van der Waals surface area (Å²) in [7, 11) is -0.808. The normalized spacial score (nSPS) is 16.0. The highest BCUT2D eigenvalue weighted by Crippen LogP contribution is 2.32. The number of carbonyl (C=O) groups is 3. The molecule has 0 aromatic heterocycles. The van der Waals surface area contributed by atoms with Gasteiger partial charge in [-0.25, -0.2) is 13.1 Å². The fraction of sp³-hybridized carbons (Fsp3) is 0.541. The molecular formula is C37H55N5O5S. The minimum absolute atomic E-state index is 0.0688. The molecule has 2 aromatic carbocycles. The molecule has 1 aliphatic rings. The molecule has 0 bridgehead atoms. The zero-order chi connectivity index (χ0) is 36.2. The van der Waals surface area contributed by atoms with Crippen LogP contribution in [0.4, 0.5) is 5.69 Å². The molecule has 0 saturated heterocycles. The van der Waals surface area contributed by atoms with E-state index in [1.165, 1.54) is 17.9 Å². The molecule has 3 atom stereocenters. The molecular weight excluding hydrogens is 627 g/mol. The molecule has 48 heavy (non-hydrogen) atoms. The SMILES string of the molecule is CN[C@H](C(=O)N[C@H](C(=O)N(C)[C@H](C=C(C)C(=O)NS(=O)(=O)c1ccc(N)c2c1CCCC2)C(C)C)C(C)(C)C)C(C)(C)c1ccccc1. The van der Waals surface area contributed by atoms with Gasteiger partial charge in [0.25, 0.3) is 15.9 Å². The molecule has 0 aliphatic heterocycles. The number of nitrogens with one attached hydrogen (secondary N) is 3. The number of hydrogen-bond donors (Lipinski definition) is 4. The van der Waals surface area contributed by atoms with Gasteiger partial charge in [0.05, 0.1) is 17.0 Å². The molecule has 0 saturated carbocycles. The van der Waals surface area contributed by atoms with Crippen molar-refractivity contribution in [2.24, 2.45) is 11.3 Å². The lowest BCUT2D eigenvalue weighted by molar-refractivity contribution is -0.140. The van der Waals surface area contributed by atoms with E-state index in [-0.39, 0.29) is 28.2 Å². The van der Waals surface area contributed by atoms with Gasteiger partial charge in [0.15, 0.2) is 0 Å². The Morgan fingerprint density at radius 3 is 2.04 bits per heavy atom. The van der Waals surface area contributed by atoms with E-state index in [1.807, 2.05) is 78.8 Å². The number of amides is 3. The number of fused-ring (bicyclic) bond motifs is 1. The molecule has 264 valence electrons. The standard InChI is InChI=1S/C37H55N5O5S/c1-23(2)29(22-24(3)33(43)41-48(46,47)30-21-20-28(38)26-18-14-15-19-27(26)30)42(10)35(45)32(36(4,5)6)40-34(44)31(39-9)37(7,8)25-16-12-11-13-17-25/h11-13,16-17,20-23,29,31-32,39H,14-15,18-19,38H2,1-10H3,(H,40,44)(H,41,43)/t29-,31-,32-/m1/s1. The number of nitrogens with two attached hydrogens (primary N) is 1. The molecule has 0 unspecified atom stereocenters. The third kappa shape index (κ3) is 8.66. The number of nitrogens with zero attached hydrogens (tertiary/aromatic N) is 1. The molecule has 0 fully saturated rings. The van der Waals surface area contributed by atoms with Crippen molar-refractivity contribution < 1.29 is 22.8 Å². The Hall–Kier alpha value is -3.70. The van der Waals surface area contributed by atoms with Gasteiger partial charge in [-0.2, -0.15) is 0 Å². The van der Waals surface area contributed by atoms with Crippen LogP contribution >= 0.6 is 0 Å². The van der Waals surface area contributed by atoms with E-state index in [1.54, 1.807) is 26.2 Å². The summed E-state index contributed by atoms with van der Waals surface area (Å²) in [6.07, 6.45) is 4.66. The second-order valence-electron chi connectivity index (χ2n) is 14.9. The first kappa shape index (κ1) is 38.7. The lowest BCUT2D eigenvalue weighted by Gasteiger charge is -2.40. The van der Waals surface area contributed by atoms with Crippen molar-refractivity contribution in [1.82, 2.24) is 20.3 Å².